The molecule has 4 nitrogen and oxygen atoms in total. The molecule has 2 aliphatic rings. The van der Waals surface area contributed by atoms with Gasteiger partial charge >= 0.3 is 0 Å². The zero-order valence-electron chi connectivity index (χ0n) is 38.7. The first-order chi connectivity index (χ1) is 33.2. The SMILES string of the molecule is CC1(C)c2ccccc2N(c2cc(-c3ccccc3)cc(-c3ccccc3)n2)c2ccc(-c3ccc4c(c3)C(C)(C)c3ccccc3N4c3cc(-c4ccccc4)cc(-c4ccccc4)n3)cc21. The van der Waals surface area contributed by atoms with Crippen molar-refractivity contribution in [3.8, 4) is 55.9 Å². The normalized spacial score (nSPS) is 14.1. The number of para-hydroxylation sites is 2. The lowest BCUT2D eigenvalue weighted by molar-refractivity contribution is 0.630. The van der Waals surface area contributed by atoms with Gasteiger partial charge in [-0.25, -0.2) is 9.97 Å². The fourth-order valence-corrected chi connectivity index (χ4v) is 10.6. The Morgan fingerprint density at radius 3 is 0.971 bits per heavy atom. The van der Waals surface area contributed by atoms with E-state index in [0.29, 0.717) is 0 Å². The predicted molar refractivity (Wildman–Crippen MR) is 283 cm³/mol. The van der Waals surface area contributed by atoms with Gasteiger partial charge in [0.1, 0.15) is 11.6 Å². The van der Waals surface area contributed by atoms with Crippen LogP contribution in [0.5, 0.6) is 0 Å². The maximum Gasteiger partial charge on any atom is 0.138 e. The topological polar surface area (TPSA) is 32.3 Å². The maximum absolute atomic E-state index is 5.45. The summed E-state index contributed by atoms with van der Waals surface area (Å²) in [5.41, 5.74) is 19.9. The van der Waals surface area contributed by atoms with Crippen molar-refractivity contribution in [1.82, 2.24) is 9.97 Å². The van der Waals surface area contributed by atoms with E-state index < -0.39 is 0 Å². The number of rotatable bonds is 7. The average molecular weight is 875 g/mol. The highest BCUT2D eigenvalue weighted by Crippen LogP contribution is 2.55. The number of hydrogen-bond donors (Lipinski definition) is 0. The van der Waals surface area contributed by atoms with E-state index in [9.17, 15) is 0 Å². The minimum Gasteiger partial charge on any atom is -0.294 e. The van der Waals surface area contributed by atoms with E-state index >= 15 is 0 Å². The molecule has 8 aromatic carbocycles. The van der Waals surface area contributed by atoms with Crippen LogP contribution in [0.1, 0.15) is 49.9 Å². The summed E-state index contributed by atoms with van der Waals surface area (Å²) in [6.07, 6.45) is 0. The van der Waals surface area contributed by atoms with Crippen LogP contribution < -0.4 is 9.80 Å². The van der Waals surface area contributed by atoms with Gasteiger partial charge in [0.25, 0.3) is 0 Å². The lowest BCUT2D eigenvalue weighted by Crippen LogP contribution is -2.31. The minimum absolute atomic E-state index is 0.299. The number of fused-ring (bicyclic) bond motifs is 4. The van der Waals surface area contributed by atoms with Gasteiger partial charge in [0.05, 0.1) is 34.1 Å². The molecule has 0 radical (unpaired) electrons. The highest BCUT2D eigenvalue weighted by atomic mass is 15.2. The highest BCUT2D eigenvalue weighted by Gasteiger charge is 2.40. The van der Waals surface area contributed by atoms with Crippen molar-refractivity contribution in [3.63, 3.8) is 0 Å². The summed E-state index contributed by atoms with van der Waals surface area (Å²) in [5, 5.41) is 0. The van der Waals surface area contributed by atoms with E-state index in [1.807, 2.05) is 0 Å². The van der Waals surface area contributed by atoms with Gasteiger partial charge in [0.15, 0.2) is 0 Å². The highest BCUT2D eigenvalue weighted by molar-refractivity contribution is 5.91. The molecule has 0 aliphatic carbocycles. The van der Waals surface area contributed by atoms with Crippen LogP contribution in [0.4, 0.5) is 34.4 Å². The molecule has 2 aliphatic heterocycles. The average Bonchev–Trinajstić information content (AvgIpc) is 3.39. The lowest BCUT2D eigenvalue weighted by Gasteiger charge is -2.42. The Morgan fingerprint density at radius 1 is 0.265 bits per heavy atom. The van der Waals surface area contributed by atoms with Crippen LogP contribution in [0.2, 0.25) is 0 Å². The molecule has 0 spiro atoms. The van der Waals surface area contributed by atoms with Gasteiger partial charge in [-0.1, -0.05) is 198 Å². The third-order valence-corrected chi connectivity index (χ3v) is 14.2. The second-order valence-corrected chi connectivity index (χ2v) is 19.1. The molecule has 0 unspecified atom stereocenters. The Balaban J connectivity index is 1.01. The molecule has 0 atom stereocenters. The zero-order valence-corrected chi connectivity index (χ0v) is 38.7. The summed E-state index contributed by atoms with van der Waals surface area (Å²) < 4.78 is 0. The molecule has 0 saturated heterocycles. The molecule has 4 heterocycles. The minimum atomic E-state index is -0.299. The smallest absolute Gasteiger partial charge is 0.138 e. The van der Waals surface area contributed by atoms with Gasteiger partial charge in [0.2, 0.25) is 0 Å². The second kappa shape index (κ2) is 16.2. The monoisotopic (exact) mass is 874 g/mol. The van der Waals surface area contributed by atoms with Gasteiger partial charge in [-0.15, -0.1) is 0 Å². The second-order valence-electron chi connectivity index (χ2n) is 19.1. The van der Waals surface area contributed by atoms with Crippen molar-refractivity contribution in [2.45, 2.75) is 38.5 Å². The van der Waals surface area contributed by atoms with Crippen LogP contribution in [0.3, 0.4) is 0 Å². The van der Waals surface area contributed by atoms with Crippen molar-refractivity contribution in [2.24, 2.45) is 0 Å². The number of nitrogens with zero attached hydrogens (tertiary/aromatic N) is 4. The molecule has 0 N–H and O–H groups in total. The fourth-order valence-electron chi connectivity index (χ4n) is 10.6. The van der Waals surface area contributed by atoms with E-state index in [4.69, 9.17) is 9.97 Å². The van der Waals surface area contributed by atoms with Gasteiger partial charge in [-0.05, 0) is 116 Å². The number of anilines is 6. The Kier molecular flexibility index (Phi) is 9.81. The van der Waals surface area contributed by atoms with E-state index in [-0.39, 0.29) is 10.8 Å². The Labute approximate surface area is 399 Å². The molecule has 326 valence electrons. The van der Waals surface area contributed by atoms with Crippen molar-refractivity contribution < 1.29 is 0 Å². The standard InChI is InChI=1S/C64H50N4/c1-63(2)51-29-17-19-31-57(51)67(61-41-49(43-21-9-5-10-22-43)39-55(65-61)45-25-13-7-14-26-45)59-35-33-47(37-53(59)63)48-34-36-60-54(38-48)64(3,4)52-30-18-20-32-58(52)68(60)62-42-50(44-23-11-6-12-24-44)40-56(66-62)46-27-15-8-16-28-46/h5-42H,1-4H3. The summed E-state index contributed by atoms with van der Waals surface area (Å²) in [5.74, 6) is 1.77. The summed E-state index contributed by atoms with van der Waals surface area (Å²) in [6.45, 7) is 9.44. The molecule has 0 saturated carbocycles. The molecule has 12 rings (SSSR count). The van der Waals surface area contributed by atoms with E-state index in [1.165, 1.54) is 33.4 Å². The molecule has 68 heavy (non-hydrogen) atoms. The number of hydrogen-bond acceptors (Lipinski definition) is 4. The van der Waals surface area contributed by atoms with Gasteiger partial charge in [-0.3, -0.25) is 9.80 Å². The summed E-state index contributed by atoms with van der Waals surface area (Å²) >= 11 is 0. The molecule has 0 bridgehead atoms. The molecule has 0 amide bonds. The van der Waals surface area contributed by atoms with Crippen molar-refractivity contribution in [3.05, 3.63) is 253 Å². The van der Waals surface area contributed by atoms with Gasteiger partial charge in [-0.2, -0.15) is 0 Å². The number of pyridine rings is 2. The third-order valence-electron chi connectivity index (χ3n) is 14.2. The Morgan fingerprint density at radius 2 is 0.588 bits per heavy atom. The molecular formula is C64H50N4. The van der Waals surface area contributed by atoms with E-state index in [1.54, 1.807) is 0 Å². The number of aromatic nitrogens is 2. The third kappa shape index (κ3) is 6.91. The first-order valence-electron chi connectivity index (χ1n) is 23.6. The van der Waals surface area contributed by atoms with Crippen LogP contribution in [0.15, 0.2) is 231 Å². The van der Waals surface area contributed by atoms with Gasteiger partial charge < -0.3 is 0 Å². The van der Waals surface area contributed by atoms with Crippen LogP contribution in [0.25, 0.3) is 55.9 Å². The van der Waals surface area contributed by atoms with Crippen LogP contribution in [-0.2, 0) is 10.8 Å². The van der Waals surface area contributed by atoms with Crippen molar-refractivity contribution in [2.75, 3.05) is 9.80 Å². The fraction of sp³-hybridized carbons (Fsp3) is 0.0938. The Bertz CT molecular complexity index is 3160. The van der Waals surface area contributed by atoms with Crippen LogP contribution in [-0.4, -0.2) is 9.97 Å². The maximum atomic E-state index is 5.45. The Hall–Kier alpha value is -8.34. The molecule has 10 aromatic rings. The number of benzene rings is 8. The quantitative estimate of drug-likeness (QED) is 0.160. The van der Waals surface area contributed by atoms with Crippen LogP contribution in [0, 0.1) is 0 Å². The molecule has 4 heteroatoms. The summed E-state index contributed by atoms with van der Waals surface area (Å²) in [7, 11) is 0. The zero-order chi connectivity index (χ0) is 46.0. The summed E-state index contributed by atoms with van der Waals surface area (Å²) in [4.78, 5) is 15.7. The van der Waals surface area contributed by atoms with Gasteiger partial charge in [0, 0.05) is 22.0 Å². The van der Waals surface area contributed by atoms with E-state index in [0.717, 1.165) is 79.2 Å². The molecule has 2 aromatic heterocycles. The largest absolute Gasteiger partial charge is 0.294 e. The first kappa shape index (κ1) is 41.1. The van der Waals surface area contributed by atoms with Crippen LogP contribution >= 0.6 is 0 Å². The van der Waals surface area contributed by atoms with E-state index in [2.05, 4.69) is 268 Å². The summed E-state index contributed by atoms with van der Waals surface area (Å²) in [6, 6.07) is 83.0. The molecular weight excluding hydrogens is 825 g/mol. The molecule has 0 fully saturated rings. The first-order valence-corrected chi connectivity index (χ1v) is 23.6. The van der Waals surface area contributed by atoms with Crippen molar-refractivity contribution >= 4 is 34.4 Å². The van der Waals surface area contributed by atoms with Crippen molar-refractivity contribution in [1.29, 1.82) is 0 Å². The predicted octanol–water partition coefficient (Wildman–Crippen LogP) is 17.0. The lowest BCUT2D eigenvalue weighted by atomic mass is 9.72.